The molecule has 1 heterocycles. The zero-order valence-electron chi connectivity index (χ0n) is 11.6. The van der Waals surface area contributed by atoms with Gasteiger partial charge in [0.15, 0.2) is 0 Å². The lowest BCUT2D eigenvalue weighted by Crippen LogP contribution is -2.54. The van der Waals surface area contributed by atoms with Gasteiger partial charge in [-0.2, -0.15) is 0 Å². The van der Waals surface area contributed by atoms with Crippen LogP contribution < -0.4 is 5.32 Å². The highest BCUT2D eigenvalue weighted by atomic mass is 35.5. The van der Waals surface area contributed by atoms with E-state index in [1.54, 1.807) is 0 Å². The van der Waals surface area contributed by atoms with Crippen molar-refractivity contribution >= 4 is 12.4 Å². The van der Waals surface area contributed by atoms with E-state index in [0.29, 0.717) is 18.0 Å². The Morgan fingerprint density at radius 3 is 2.28 bits per heavy atom. The van der Waals surface area contributed by atoms with Crippen molar-refractivity contribution in [1.29, 1.82) is 0 Å². The van der Waals surface area contributed by atoms with Crippen LogP contribution in [0.5, 0.6) is 0 Å². The molecule has 2 rings (SSSR count). The molecule has 2 nitrogen and oxygen atoms in total. The molecule has 1 aliphatic heterocycles. The Kier molecular flexibility index (Phi) is 6.13. The summed E-state index contributed by atoms with van der Waals surface area (Å²) in [5.41, 5.74) is 1.45. The molecule has 0 aromatic heterocycles. The zero-order chi connectivity index (χ0) is 12.3. The predicted octanol–water partition coefficient (Wildman–Crippen LogP) is 2.89. The van der Waals surface area contributed by atoms with Gasteiger partial charge in [-0.25, -0.2) is 0 Å². The topological polar surface area (TPSA) is 15.3 Å². The Morgan fingerprint density at radius 2 is 1.72 bits per heavy atom. The maximum atomic E-state index is 3.58. The molecule has 3 heteroatoms. The number of halogens is 1. The monoisotopic (exact) mass is 268 g/mol. The molecule has 3 unspecified atom stereocenters. The van der Waals surface area contributed by atoms with Crippen molar-refractivity contribution in [3.63, 3.8) is 0 Å². The first kappa shape index (κ1) is 15.5. The first-order valence-corrected chi connectivity index (χ1v) is 6.68. The Labute approximate surface area is 117 Å². The van der Waals surface area contributed by atoms with Gasteiger partial charge in [0, 0.05) is 31.7 Å². The van der Waals surface area contributed by atoms with Gasteiger partial charge in [0.2, 0.25) is 0 Å². The molecule has 1 saturated heterocycles. The van der Waals surface area contributed by atoms with E-state index in [1.165, 1.54) is 25.2 Å². The van der Waals surface area contributed by atoms with Crippen LogP contribution in [-0.4, -0.2) is 36.6 Å². The predicted molar refractivity (Wildman–Crippen MR) is 80.6 cm³/mol. The molecule has 0 saturated carbocycles. The van der Waals surface area contributed by atoms with E-state index >= 15 is 0 Å². The van der Waals surface area contributed by atoms with Crippen molar-refractivity contribution in [3.8, 4) is 0 Å². The number of hydrogen-bond donors (Lipinski definition) is 1. The Hall–Kier alpha value is -0.570. The minimum atomic E-state index is 0. The van der Waals surface area contributed by atoms with Crippen LogP contribution in [0.15, 0.2) is 30.3 Å². The number of hydrogen-bond acceptors (Lipinski definition) is 2. The number of nitrogens with zero attached hydrogens (tertiary/aromatic N) is 1. The van der Waals surface area contributed by atoms with Crippen LogP contribution >= 0.6 is 12.4 Å². The average Bonchev–Trinajstić information content (AvgIpc) is 2.28. The molecule has 0 aliphatic carbocycles. The van der Waals surface area contributed by atoms with Gasteiger partial charge in [-0.3, -0.25) is 4.90 Å². The van der Waals surface area contributed by atoms with Gasteiger partial charge in [-0.05, 0) is 25.3 Å². The van der Waals surface area contributed by atoms with Crippen LogP contribution in [-0.2, 0) is 0 Å². The van der Waals surface area contributed by atoms with E-state index < -0.39 is 0 Å². The summed E-state index contributed by atoms with van der Waals surface area (Å²) in [6, 6.07) is 12.1. The third-order valence-electron chi connectivity index (χ3n) is 3.53. The summed E-state index contributed by atoms with van der Waals surface area (Å²) in [6.07, 6.45) is 0. The number of nitrogens with one attached hydrogen (secondary N) is 1. The smallest absolute Gasteiger partial charge is 0.0169 e. The minimum Gasteiger partial charge on any atom is -0.309 e. The lowest BCUT2D eigenvalue weighted by molar-refractivity contribution is 0.167. The fourth-order valence-corrected chi connectivity index (χ4v) is 2.86. The molecule has 1 aliphatic rings. The molecule has 0 radical (unpaired) electrons. The standard InChI is InChI=1S/C15H24N2.ClH/c1-12(15-7-5-4-6-8-15)9-17-10-13(2)16-14(3)11-17;/h4-8,12-14,16H,9-11H2,1-3H3;1H. The molecular weight excluding hydrogens is 244 g/mol. The summed E-state index contributed by atoms with van der Waals surface area (Å²) in [6.45, 7) is 10.4. The van der Waals surface area contributed by atoms with Gasteiger partial charge >= 0.3 is 0 Å². The van der Waals surface area contributed by atoms with Crippen molar-refractivity contribution in [3.05, 3.63) is 35.9 Å². The Balaban J connectivity index is 0.00000162. The van der Waals surface area contributed by atoms with E-state index in [0.717, 1.165) is 0 Å². The maximum Gasteiger partial charge on any atom is 0.0169 e. The van der Waals surface area contributed by atoms with Crippen molar-refractivity contribution in [2.75, 3.05) is 19.6 Å². The molecule has 3 atom stereocenters. The van der Waals surface area contributed by atoms with Crippen molar-refractivity contribution in [2.45, 2.75) is 38.8 Å². The summed E-state index contributed by atoms with van der Waals surface area (Å²) in [5.74, 6) is 0.619. The van der Waals surface area contributed by atoms with E-state index in [-0.39, 0.29) is 12.4 Å². The molecule has 0 bridgehead atoms. The molecule has 1 fully saturated rings. The van der Waals surface area contributed by atoms with E-state index in [2.05, 4.69) is 61.3 Å². The lowest BCUT2D eigenvalue weighted by Gasteiger charge is -2.37. The van der Waals surface area contributed by atoms with Crippen molar-refractivity contribution in [2.24, 2.45) is 0 Å². The SMILES string of the molecule is CC1CN(CC(C)c2ccccc2)CC(C)N1.Cl. The summed E-state index contributed by atoms with van der Waals surface area (Å²) < 4.78 is 0. The van der Waals surface area contributed by atoms with Crippen LogP contribution in [0.25, 0.3) is 0 Å². The quantitative estimate of drug-likeness (QED) is 0.907. The number of piperazine rings is 1. The van der Waals surface area contributed by atoms with E-state index in [4.69, 9.17) is 0 Å². The molecule has 18 heavy (non-hydrogen) atoms. The fraction of sp³-hybridized carbons (Fsp3) is 0.600. The molecule has 1 N–H and O–H groups in total. The van der Waals surface area contributed by atoms with Gasteiger partial charge in [-0.1, -0.05) is 37.3 Å². The third kappa shape index (κ3) is 4.27. The summed E-state index contributed by atoms with van der Waals surface area (Å²) in [7, 11) is 0. The zero-order valence-corrected chi connectivity index (χ0v) is 12.4. The second-order valence-electron chi connectivity index (χ2n) is 5.50. The molecule has 1 aromatic carbocycles. The van der Waals surface area contributed by atoms with Crippen LogP contribution in [0.3, 0.4) is 0 Å². The lowest BCUT2D eigenvalue weighted by atomic mass is 9.99. The van der Waals surface area contributed by atoms with Crippen LogP contribution in [0.1, 0.15) is 32.3 Å². The Morgan fingerprint density at radius 1 is 1.17 bits per heavy atom. The molecule has 0 amide bonds. The molecular formula is C15H25ClN2. The number of benzene rings is 1. The average molecular weight is 269 g/mol. The van der Waals surface area contributed by atoms with Gasteiger partial charge in [0.25, 0.3) is 0 Å². The highest BCUT2D eigenvalue weighted by Crippen LogP contribution is 2.17. The highest BCUT2D eigenvalue weighted by molar-refractivity contribution is 5.85. The number of rotatable bonds is 3. The van der Waals surface area contributed by atoms with Crippen LogP contribution in [0.4, 0.5) is 0 Å². The minimum absolute atomic E-state index is 0. The van der Waals surface area contributed by atoms with Crippen molar-refractivity contribution < 1.29 is 0 Å². The second kappa shape index (κ2) is 7.13. The van der Waals surface area contributed by atoms with Gasteiger partial charge in [0.05, 0.1) is 0 Å². The Bertz CT molecular complexity index is 332. The van der Waals surface area contributed by atoms with Crippen LogP contribution in [0, 0.1) is 0 Å². The fourth-order valence-electron chi connectivity index (χ4n) is 2.86. The highest BCUT2D eigenvalue weighted by Gasteiger charge is 2.22. The van der Waals surface area contributed by atoms with E-state index in [1.807, 2.05) is 0 Å². The first-order chi connectivity index (χ1) is 8.15. The van der Waals surface area contributed by atoms with Gasteiger partial charge in [-0.15, -0.1) is 12.4 Å². The van der Waals surface area contributed by atoms with Crippen LogP contribution in [0.2, 0.25) is 0 Å². The summed E-state index contributed by atoms with van der Waals surface area (Å²) in [5, 5.41) is 3.58. The molecule has 102 valence electrons. The molecule has 0 spiro atoms. The summed E-state index contributed by atoms with van der Waals surface area (Å²) >= 11 is 0. The first-order valence-electron chi connectivity index (χ1n) is 6.68. The summed E-state index contributed by atoms with van der Waals surface area (Å²) in [4.78, 5) is 2.59. The van der Waals surface area contributed by atoms with Gasteiger partial charge in [0.1, 0.15) is 0 Å². The van der Waals surface area contributed by atoms with Crippen molar-refractivity contribution in [1.82, 2.24) is 10.2 Å². The maximum absolute atomic E-state index is 3.58. The van der Waals surface area contributed by atoms with E-state index in [9.17, 15) is 0 Å². The normalized spacial score (nSPS) is 26.4. The van der Waals surface area contributed by atoms with Gasteiger partial charge < -0.3 is 5.32 Å². The molecule has 1 aromatic rings. The second-order valence-corrected chi connectivity index (χ2v) is 5.50. The largest absolute Gasteiger partial charge is 0.309 e. The third-order valence-corrected chi connectivity index (χ3v) is 3.53.